The Hall–Kier alpha value is -1.05. The van der Waals surface area contributed by atoms with Gasteiger partial charge in [-0.25, -0.2) is 4.98 Å². The zero-order valence-electron chi connectivity index (χ0n) is 11.4. The molecule has 0 atom stereocenters. The van der Waals surface area contributed by atoms with Gasteiger partial charge in [0.05, 0.1) is 0 Å². The second-order valence-electron chi connectivity index (χ2n) is 5.60. The standard InChI is InChI=1S/C15H23NO/c1-10(2)13-8-9-16-15(14(13)11(3)4)17-12-6-5-7-12/h8-12H,5-7H2,1-4H3. The van der Waals surface area contributed by atoms with Crippen LogP contribution in [0.4, 0.5) is 0 Å². The lowest BCUT2D eigenvalue weighted by molar-refractivity contribution is 0.113. The van der Waals surface area contributed by atoms with Gasteiger partial charge in [0, 0.05) is 11.8 Å². The first-order valence-electron chi connectivity index (χ1n) is 6.75. The molecule has 0 saturated heterocycles. The molecule has 1 aliphatic rings. The Balaban J connectivity index is 2.31. The largest absolute Gasteiger partial charge is 0.474 e. The van der Waals surface area contributed by atoms with E-state index in [2.05, 4.69) is 38.7 Å². The average Bonchev–Trinajstić information content (AvgIpc) is 2.22. The fourth-order valence-electron chi connectivity index (χ4n) is 2.29. The van der Waals surface area contributed by atoms with Crippen LogP contribution in [-0.2, 0) is 0 Å². The van der Waals surface area contributed by atoms with Gasteiger partial charge in [-0.05, 0) is 42.7 Å². The molecule has 0 spiro atoms. The van der Waals surface area contributed by atoms with Crippen molar-refractivity contribution in [1.29, 1.82) is 0 Å². The van der Waals surface area contributed by atoms with Gasteiger partial charge in [-0.3, -0.25) is 0 Å². The van der Waals surface area contributed by atoms with Crippen LogP contribution in [0.1, 0.15) is 69.9 Å². The summed E-state index contributed by atoms with van der Waals surface area (Å²) >= 11 is 0. The van der Waals surface area contributed by atoms with Crippen molar-refractivity contribution in [2.45, 2.75) is 64.9 Å². The van der Waals surface area contributed by atoms with Crippen LogP contribution in [0.5, 0.6) is 5.88 Å². The van der Waals surface area contributed by atoms with E-state index < -0.39 is 0 Å². The van der Waals surface area contributed by atoms with Gasteiger partial charge in [0.15, 0.2) is 0 Å². The first-order valence-corrected chi connectivity index (χ1v) is 6.75. The van der Waals surface area contributed by atoms with Crippen molar-refractivity contribution in [3.63, 3.8) is 0 Å². The van der Waals surface area contributed by atoms with Crippen LogP contribution in [0.25, 0.3) is 0 Å². The minimum Gasteiger partial charge on any atom is -0.474 e. The van der Waals surface area contributed by atoms with E-state index in [4.69, 9.17) is 4.74 Å². The molecule has 1 aromatic heterocycles. The van der Waals surface area contributed by atoms with E-state index in [-0.39, 0.29) is 0 Å². The smallest absolute Gasteiger partial charge is 0.217 e. The third-order valence-corrected chi connectivity index (χ3v) is 3.52. The summed E-state index contributed by atoms with van der Waals surface area (Å²) in [4.78, 5) is 4.44. The summed E-state index contributed by atoms with van der Waals surface area (Å²) in [5, 5.41) is 0. The summed E-state index contributed by atoms with van der Waals surface area (Å²) < 4.78 is 6.02. The zero-order chi connectivity index (χ0) is 12.4. The summed E-state index contributed by atoms with van der Waals surface area (Å²) in [5.41, 5.74) is 2.68. The molecule has 1 saturated carbocycles. The predicted molar refractivity (Wildman–Crippen MR) is 70.7 cm³/mol. The third-order valence-electron chi connectivity index (χ3n) is 3.52. The fraction of sp³-hybridized carbons (Fsp3) is 0.667. The van der Waals surface area contributed by atoms with E-state index in [9.17, 15) is 0 Å². The summed E-state index contributed by atoms with van der Waals surface area (Å²) in [6.45, 7) is 8.90. The summed E-state index contributed by atoms with van der Waals surface area (Å²) in [7, 11) is 0. The SMILES string of the molecule is CC(C)c1ccnc(OC2CCC2)c1C(C)C. The molecule has 0 bridgehead atoms. The van der Waals surface area contributed by atoms with Gasteiger partial charge in [0.2, 0.25) is 5.88 Å². The summed E-state index contributed by atoms with van der Waals surface area (Å²) in [6.07, 6.45) is 5.96. The van der Waals surface area contributed by atoms with E-state index in [0.717, 1.165) is 5.88 Å². The lowest BCUT2D eigenvalue weighted by atomic mass is 9.91. The first-order chi connectivity index (χ1) is 8.09. The molecule has 0 aromatic carbocycles. The van der Waals surface area contributed by atoms with Gasteiger partial charge in [-0.15, -0.1) is 0 Å². The van der Waals surface area contributed by atoms with E-state index >= 15 is 0 Å². The molecule has 0 radical (unpaired) electrons. The zero-order valence-corrected chi connectivity index (χ0v) is 11.4. The van der Waals surface area contributed by atoms with E-state index in [1.165, 1.54) is 30.4 Å². The Morgan fingerprint density at radius 2 is 1.88 bits per heavy atom. The van der Waals surface area contributed by atoms with Crippen LogP contribution < -0.4 is 4.74 Å². The molecule has 0 aliphatic heterocycles. The van der Waals surface area contributed by atoms with Crippen LogP contribution in [0.3, 0.4) is 0 Å². The van der Waals surface area contributed by atoms with Crippen molar-refractivity contribution in [1.82, 2.24) is 4.98 Å². The van der Waals surface area contributed by atoms with Gasteiger partial charge < -0.3 is 4.74 Å². The molecule has 1 heterocycles. The quantitative estimate of drug-likeness (QED) is 0.775. The highest BCUT2D eigenvalue weighted by Crippen LogP contribution is 2.34. The number of pyridine rings is 1. The fourth-order valence-corrected chi connectivity index (χ4v) is 2.29. The van der Waals surface area contributed by atoms with Gasteiger partial charge in [-0.2, -0.15) is 0 Å². The van der Waals surface area contributed by atoms with Gasteiger partial charge in [0.1, 0.15) is 6.10 Å². The minimum absolute atomic E-state index is 0.405. The topological polar surface area (TPSA) is 22.1 Å². The molecule has 2 rings (SSSR count). The molecule has 94 valence electrons. The highest BCUT2D eigenvalue weighted by Gasteiger charge is 2.23. The van der Waals surface area contributed by atoms with Crippen molar-refractivity contribution in [3.8, 4) is 5.88 Å². The van der Waals surface area contributed by atoms with Crippen molar-refractivity contribution >= 4 is 0 Å². The molecule has 0 N–H and O–H groups in total. The van der Waals surface area contributed by atoms with E-state index in [1.54, 1.807) is 0 Å². The second-order valence-corrected chi connectivity index (χ2v) is 5.60. The summed E-state index contributed by atoms with van der Waals surface area (Å²) in [5.74, 6) is 1.87. The molecule has 2 nitrogen and oxygen atoms in total. The van der Waals surface area contributed by atoms with Crippen LogP contribution in [0.2, 0.25) is 0 Å². The first kappa shape index (κ1) is 12.4. The molecule has 1 fully saturated rings. The average molecular weight is 233 g/mol. The number of hydrogen-bond donors (Lipinski definition) is 0. The van der Waals surface area contributed by atoms with Crippen molar-refractivity contribution in [2.24, 2.45) is 0 Å². The minimum atomic E-state index is 0.405. The molecule has 17 heavy (non-hydrogen) atoms. The van der Waals surface area contributed by atoms with Gasteiger partial charge in [-0.1, -0.05) is 27.7 Å². The monoisotopic (exact) mass is 233 g/mol. The Bertz CT molecular complexity index is 381. The van der Waals surface area contributed by atoms with Crippen LogP contribution >= 0.6 is 0 Å². The third kappa shape index (κ3) is 2.62. The highest BCUT2D eigenvalue weighted by atomic mass is 16.5. The van der Waals surface area contributed by atoms with Crippen molar-refractivity contribution in [2.75, 3.05) is 0 Å². The Morgan fingerprint density at radius 3 is 2.35 bits per heavy atom. The maximum Gasteiger partial charge on any atom is 0.217 e. The lowest BCUT2D eigenvalue weighted by Crippen LogP contribution is -2.26. The maximum absolute atomic E-state index is 6.02. The molecule has 1 aromatic rings. The molecule has 2 heteroatoms. The molecule has 0 unspecified atom stereocenters. The highest BCUT2D eigenvalue weighted by molar-refractivity contribution is 5.39. The van der Waals surface area contributed by atoms with Crippen LogP contribution in [-0.4, -0.2) is 11.1 Å². The Labute approximate surface area is 104 Å². The van der Waals surface area contributed by atoms with Crippen molar-refractivity contribution < 1.29 is 4.74 Å². The number of nitrogens with zero attached hydrogens (tertiary/aromatic N) is 1. The lowest BCUT2D eigenvalue weighted by Gasteiger charge is -2.28. The number of hydrogen-bond acceptors (Lipinski definition) is 2. The van der Waals surface area contributed by atoms with Gasteiger partial charge in [0.25, 0.3) is 0 Å². The molecular weight excluding hydrogens is 210 g/mol. The van der Waals surface area contributed by atoms with Crippen molar-refractivity contribution in [3.05, 3.63) is 23.4 Å². The van der Waals surface area contributed by atoms with Gasteiger partial charge >= 0.3 is 0 Å². The normalized spacial score (nSPS) is 16.4. The number of rotatable bonds is 4. The second kappa shape index (κ2) is 5.07. The molecular formula is C15H23NO. The number of aromatic nitrogens is 1. The summed E-state index contributed by atoms with van der Waals surface area (Å²) in [6, 6.07) is 2.13. The molecule has 0 amide bonds. The van der Waals surface area contributed by atoms with E-state index in [1.807, 2.05) is 6.20 Å². The van der Waals surface area contributed by atoms with Crippen LogP contribution in [0.15, 0.2) is 12.3 Å². The maximum atomic E-state index is 6.02. The predicted octanol–water partition coefficient (Wildman–Crippen LogP) is 4.26. The number of ether oxygens (including phenoxy) is 1. The Morgan fingerprint density at radius 1 is 1.18 bits per heavy atom. The van der Waals surface area contributed by atoms with E-state index in [0.29, 0.717) is 17.9 Å². The molecule has 1 aliphatic carbocycles. The van der Waals surface area contributed by atoms with Crippen LogP contribution in [0, 0.1) is 0 Å². The Kier molecular flexibility index (Phi) is 3.70.